The van der Waals surface area contributed by atoms with Crippen LogP contribution in [-0.2, 0) is 5.41 Å². The normalized spacial score (nSPS) is 12.6. The largest absolute Gasteiger partial charge is 0.456 e. The molecule has 0 fully saturated rings. The Morgan fingerprint density at radius 3 is 1.43 bits per heavy atom. The minimum absolute atomic E-state index is 0.573. The van der Waals surface area contributed by atoms with E-state index in [-0.39, 0.29) is 0 Å². The molecule has 1 aliphatic carbocycles. The Morgan fingerprint density at radius 1 is 0.302 bits per heavy atom. The number of furan rings is 1. The molecule has 0 spiro atoms. The van der Waals surface area contributed by atoms with Gasteiger partial charge in [-0.15, -0.1) is 0 Å². The standard InChI is InChI=1S/C61H41NO/c1-4-16-42(17-5-1)44-30-34-47(35-31-44)61(56-27-12-10-24-53(56)54-25-11-13-28-57(54)61)48-22-14-23-50(40-48)62(49-36-32-45(33-37-49)43-18-6-2-7-19-43)51-38-39-58-55(41-51)60-52(26-15-29-59(60)63-58)46-20-8-3-9-21-46/h1-41H. The van der Waals surface area contributed by atoms with Crippen LogP contribution in [0.2, 0.25) is 0 Å². The minimum Gasteiger partial charge on any atom is -0.456 e. The predicted molar refractivity (Wildman–Crippen MR) is 262 cm³/mol. The molecule has 0 saturated carbocycles. The summed E-state index contributed by atoms with van der Waals surface area (Å²) in [6, 6.07) is 90.3. The molecule has 1 heterocycles. The van der Waals surface area contributed by atoms with E-state index in [1.165, 1.54) is 55.6 Å². The smallest absolute Gasteiger partial charge is 0.136 e. The average molecular weight is 804 g/mol. The SMILES string of the molecule is c1ccc(-c2ccc(N(c3cccc(C4(c5ccc(-c6ccccc6)cc5)c5ccccc5-c5ccccc54)c3)c3ccc4oc5cccc(-c6ccccc6)c5c4c3)cc2)cc1. The molecule has 10 aromatic carbocycles. The molecule has 0 saturated heterocycles. The highest BCUT2D eigenvalue weighted by molar-refractivity contribution is 6.13. The zero-order valence-electron chi connectivity index (χ0n) is 34.5. The summed E-state index contributed by atoms with van der Waals surface area (Å²) in [4.78, 5) is 2.40. The van der Waals surface area contributed by atoms with Crippen LogP contribution in [0.3, 0.4) is 0 Å². The summed E-state index contributed by atoms with van der Waals surface area (Å²) in [6.45, 7) is 0. The van der Waals surface area contributed by atoms with Crippen LogP contribution in [0.4, 0.5) is 17.1 Å². The molecule has 0 amide bonds. The number of hydrogen-bond acceptors (Lipinski definition) is 2. The van der Waals surface area contributed by atoms with Gasteiger partial charge in [-0.2, -0.15) is 0 Å². The summed E-state index contributed by atoms with van der Waals surface area (Å²) >= 11 is 0. The summed E-state index contributed by atoms with van der Waals surface area (Å²) in [7, 11) is 0. The lowest BCUT2D eigenvalue weighted by molar-refractivity contribution is 0.669. The average Bonchev–Trinajstić information content (AvgIpc) is 3.89. The number of nitrogens with zero attached hydrogens (tertiary/aromatic N) is 1. The van der Waals surface area contributed by atoms with Crippen molar-refractivity contribution in [3.8, 4) is 44.5 Å². The molecule has 0 unspecified atom stereocenters. The van der Waals surface area contributed by atoms with Crippen LogP contribution in [-0.4, -0.2) is 0 Å². The van der Waals surface area contributed by atoms with E-state index in [0.717, 1.165) is 50.1 Å². The van der Waals surface area contributed by atoms with Gasteiger partial charge >= 0.3 is 0 Å². The van der Waals surface area contributed by atoms with E-state index in [1.807, 2.05) is 0 Å². The molecule has 1 aromatic heterocycles. The van der Waals surface area contributed by atoms with Gasteiger partial charge in [-0.3, -0.25) is 0 Å². The zero-order valence-corrected chi connectivity index (χ0v) is 34.5. The van der Waals surface area contributed by atoms with Gasteiger partial charge in [0.15, 0.2) is 0 Å². The minimum atomic E-state index is -0.573. The molecule has 2 heteroatoms. The van der Waals surface area contributed by atoms with Crippen molar-refractivity contribution in [3.63, 3.8) is 0 Å². The Labute approximate surface area is 367 Å². The first-order valence-corrected chi connectivity index (χ1v) is 21.7. The highest BCUT2D eigenvalue weighted by Crippen LogP contribution is 2.57. The molecular formula is C61H41NO. The molecule has 11 aromatic rings. The number of rotatable bonds is 8. The molecule has 63 heavy (non-hydrogen) atoms. The quantitative estimate of drug-likeness (QED) is 0.152. The Kier molecular flexibility index (Phi) is 8.76. The van der Waals surface area contributed by atoms with Crippen molar-refractivity contribution in [3.05, 3.63) is 271 Å². The maximum absolute atomic E-state index is 6.56. The molecule has 0 radical (unpaired) electrons. The molecule has 296 valence electrons. The molecule has 0 aliphatic heterocycles. The Morgan fingerprint density at radius 2 is 0.794 bits per heavy atom. The van der Waals surface area contributed by atoms with Gasteiger partial charge in [-0.25, -0.2) is 0 Å². The highest BCUT2D eigenvalue weighted by Gasteiger charge is 2.46. The van der Waals surface area contributed by atoms with Crippen LogP contribution < -0.4 is 4.90 Å². The van der Waals surface area contributed by atoms with Crippen molar-refractivity contribution in [1.82, 2.24) is 0 Å². The number of anilines is 3. The monoisotopic (exact) mass is 803 g/mol. The van der Waals surface area contributed by atoms with Crippen molar-refractivity contribution >= 4 is 39.0 Å². The molecular weight excluding hydrogens is 763 g/mol. The second-order valence-electron chi connectivity index (χ2n) is 16.4. The van der Waals surface area contributed by atoms with Gasteiger partial charge in [0.25, 0.3) is 0 Å². The van der Waals surface area contributed by atoms with Gasteiger partial charge in [0.05, 0.1) is 5.41 Å². The van der Waals surface area contributed by atoms with E-state index in [4.69, 9.17) is 4.42 Å². The maximum atomic E-state index is 6.56. The van der Waals surface area contributed by atoms with E-state index in [0.29, 0.717) is 0 Å². The fourth-order valence-corrected chi connectivity index (χ4v) is 10.1. The van der Waals surface area contributed by atoms with Crippen molar-refractivity contribution in [2.24, 2.45) is 0 Å². The Hall–Kier alpha value is -8.20. The molecule has 12 rings (SSSR count). The fourth-order valence-electron chi connectivity index (χ4n) is 10.1. The maximum Gasteiger partial charge on any atom is 0.136 e. The van der Waals surface area contributed by atoms with Gasteiger partial charge in [0.1, 0.15) is 11.2 Å². The van der Waals surface area contributed by atoms with Gasteiger partial charge in [0, 0.05) is 27.8 Å². The second-order valence-corrected chi connectivity index (χ2v) is 16.4. The van der Waals surface area contributed by atoms with Crippen LogP contribution in [0.25, 0.3) is 66.4 Å². The second kappa shape index (κ2) is 15.1. The fraction of sp³-hybridized carbons (Fsp3) is 0.0164. The third-order valence-corrected chi connectivity index (χ3v) is 13.0. The van der Waals surface area contributed by atoms with Crippen LogP contribution in [0.15, 0.2) is 253 Å². The summed E-state index contributed by atoms with van der Waals surface area (Å²) in [6.07, 6.45) is 0. The highest BCUT2D eigenvalue weighted by atomic mass is 16.3. The first-order valence-electron chi connectivity index (χ1n) is 21.7. The van der Waals surface area contributed by atoms with Crippen LogP contribution in [0.5, 0.6) is 0 Å². The first-order chi connectivity index (χ1) is 31.2. The summed E-state index contributed by atoms with van der Waals surface area (Å²) in [5.41, 5.74) is 19.0. The number of benzene rings is 10. The zero-order chi connectivity index (χ0) is 41.7. The lowest BCUT2D eigenvalue weighted by Crippen LogP contribution is -2.28. The van der Waals surface area contributed by atoms with E-state index in [2.05, 4.69) is 254 Å². The lowest BCUT2D eigenvalue weighted by Gasteiger charge is -2.35. The van der Waals surface area contributed by atoms with Crippen molar-refractivity contribution in [2.45, 2.75) is 5.41 Å². The van der Waals surface area contributed by atoms with Crippen molar-refractivity contribution < 1.29 is 4.42 Å². The van der Waals surface area contributed by atoms with Crippen molar-refractivity contribution in [2.75, 3.05) is 4.90 Å². The topological polar surface area (TPSA) is 16.4 Å². The number of hydrogen-bond donors (Lipinski definition) is 0. The van der Waals surface area contributed by atoms with Gasteiger partial charge in [-0.1, -0.05) is 200 Å². The van der Waals surface area contributed by atoms with E-state index < -0.39 is 5.41 Å². The Bertz CT molecular complexity index is 3380. The van der Waals surface area contributed by atoms with E-state index in [1.54, 1.807) is 0 Å². The molecule has 2 nitrogen and oxygen atoms in total. The summed E-state index contributed by atoms with van der Waals surface area (Å²) in [5, 5.41) is 2.20. The lowest BCUT2D eigenvalue weighted by atomic mass is 9.67. The number of fused-ring (bicyclic) bond motifs is 6. The first kappa shape index (κ1) is 36.6. The van der Waals surface area contributed by atoms with Crippen LogP contribution in [0.1, 0.15) is 22.3 Å². The third-order valence-electron chi connectivity index (χ3n) is 13.0. The molecule has 0 bridgehead atoms. The van der Waals surface area contributed by atoms with Gasteiger partial charge in [-0.05, 0) is 115 Å². The van der Waals surface area contributed by atoms with Gasteiger partial charge < -0.3 is 9.32 Å². The van der Waals surface area contributed by atoms with Gasteiger partial charge in [0.2, 0.25) is 0 Å². The summed E-state index contributed by atoms with van der Waals surface area (Å²) < 4.78 is 6.56. The van der Waals surface area contributed by atoms with E-state index in [9.17, 15) is 0 Å². The van der Waals surface area contributed by atoms with Crippen LogP contribution >= 0.6 is 0 Å². The predicted octanol–water partition coefficient (Wildman–Crippen LogP) is 16.4. The van der Waals surface area contributed by atoms with E-state index >= 15 is 0 Å². The summed E-state index contributed by atoms with van der Waals surface area (Å²) in [5.74, 6) is 0. The molecule has 0 N–H and O–H groups in total. The van der Waals surface area contributed by atoms with Crippen LogP contribution in [0, 0.1) is 0 Å². The Balaban J connectivity index is 1.08. The third kappa shape index (κ3) is 6.02. The molecule has 0 atom stereocenters. The molecule has 1 aliphatic rings. The van der Waals surface area contributed by atoms with Crippen molar-refractivity contribution in [1.29, 1.82) is 0 Å².